The minimum absolute atomic E-state index is 0.0362. The number of rotatable bonds is 10. The molecule has 2 aliphatic rings. The SMILES string of the molecule is CC(C)OC(=O)[C@H](C)NP(=O)(Oc1ccccc1)O[C@H](C)[C@H]1O[C@@](C#N)(n2ccc(N)nc2=O)[C@@H]2OCO[C@H]12. The molecular formula is C24H30N5O9P. The number of para-hydroxylation sites is 1. The van der Waals surface area contributed by atoms with Gasteiger partial charge in [0, 0.05) is 6.20 Å². The summed E-state index contributed by atoms with van der Waals surface area (Å²) in [5, 5.41) is 12.8. The van der Waals surface area contributed by atoms with Crippen LogP contribution >= 0.6 is 7.75 Å². The van der Waals surface area contributed by atoms with E-state index >= 15 is 0 Å². The van der Waals surface area contributed by atoms with Crippen LogP contribution in [0, 0.1) is 11.3 Å². The molecule has 4 rings (SSSR count). The lowest BCUT2D eigenvalue weighted by molar-refractivity contribution is -0.158. The molecule has 0 radical (unpaired) electrons. The second-order valence-corrected chi connectivity index (χ2v) is 10.9. The van der Waals surface area contributed by atoms with E-state index in [1.165, 1.54) is 26.1 Å². The van der Waals surface area contributed by atoms with Gasteiger partial charge in [0.1, 0.15) is 42.7 Å². The fraction of sp³-hybridized carbons (Fsp3) is 0.500. The summed E-state index contributed by atoms with van der Waals surface area (Å²) in [4.78, 5) is 28.8. The molecule has 14 nitrogen and oxygen atoms in total. The zero-order chi connectivity index (χ0) is 28.4. The maximum absolute atomic E-state index is 14.0. The van der Waals surface area contributed by atoms with Crippen LogP contribution in [0.3, 0.4) is 0 Å². The third-order valence-electron chi connectivity index (χ3n) is 5.97. The minimum Gasteiger partial charge on any atom is -0.462 e. The Morgan fingerprint density at radius 3 is 2.62 bits per heavy atom. The molecule has 3 N–H and O–H groups in total. The normalized spacial score (nSPS) is 27.2. The van der Waals surface area contributed by atoms with Crippen molar-refractivity contribution < 1.29 is 37.4 Å². The van der Waals surface area contributed by atoms with Gasteiger partial charge in [0.25, 0.3) is 5.72 Å². The molecular weight excluding hydrogens is 533 g/mol. The van der Waals surface area contributed by atoms with Crippen LogP contribution in [0.5, 0.6) is 5.75 Å². The van der Waals surface area contributed by atoms with Gasteiger partial charge in [-0.1, -0.05) is 18.2 Å². The van der Waals surface area contributed by atoms with Crippen molar-refractivity contribution in [3.63, 3.8) is 0 Å². The highest BCUT2D eigenvalue weighted by Gasteiger charge is 2.63. The molecule has 3 heterocycles. The van der Waals surface area contributed by atoms with Crippen LogP contribution in [-0.2, 0) is 38.6 Å². The largest absolute Gasteiger partial charge is 0.462 e. The number of carbonyl (C=O) groups excluding carboxylic acids is 1. The Kier molecular flexibility index (Phi) is 8.41. The Labute approximate surface area is 224 Å². The summed E-state index contributed by atoms with van der Waals surface area (Å²) in [6, 6.07) is 10.5. The number of esters is 1. The number of fused-ring (bicyclic) bond motifs is 1. The maximum Gasteiger partial charge on any atom is 0.459 e. The number of benzene rings is 1. The van der Waals surface area contributed by atoms with Crippen molar-refractivity contribution in [2.75, 3.05) is 12.5 Å². The highest BCUT2D eigenvalue weighted by atomic mass is 31.2. The highest BCUT2D eigenvalue weighted by molar-refractivity contribution is 7.52. The van der Waals surface area contributed by atoms with Crippen molar-refractivity contribution in [3.8, 4) is 11.8 Å². The van der Waals surface area contributed by atoms with Crippen LogP contribution in [0.15, 0.2) is 47.4 Å². The lowest BCUT2D eigenvalue weighted by Gasteiger charge is -2.30. The Morgan fingerprint density at radius 2 is 1.97 bits per heavy atom. The Morgan fingerprint density at radius 1 is 1.26 bits per heavy atom. The third kappa shape index (κ3) is 5.99. The summed E-state index contributed by atoms with van der Waals surface area (Å²) in [6.45, 7) is 6.17. The standard InChI is InChI=1S/C24H30N5O9P/c1-14(2)35-22(30)15(3)28-39(32,38-17-8-6-5-7-9-17)37-16(4)19-20-21(34-13-33-20)24(12-25,36-19)29-11-10-18(26)27-23(29)31/h5-11,14-16,19-21H,13H2,1-4H3,(H,28,32)(H2,26,27,31)/t15-,16+,19+,20+,21+,24+,39?/m0/s1. The first-order valence-electron chi connectivity index (χ1n) is 12.2. The second-order valence-electron chi connectivity index (χ2n) is 9.28. The number of nitrogen functional groups attached to an aromatic ring is 1. The van der Waals surface area contributed by atoms with Crippen LogP contribution in [0.2, 0.25) is 0 Å². The predicted molar refractivity (Wildman–Crippen MR) is 135 cm³/mol. The van der Waals surface area contributed by atoms with E-state index in [0.29, 0.717) is 0 Å². The van der Waals surface area contributed by atoms with E-state index < -0.39 is 61.7 Å². The number of ether oxygens (including phenoxy) is 4. The molecule has 7 atom stereocenters. The summed E-state index contributed by atoms with van der Waals surface area (Å²) in [5.41, 5.74) is 2.79. The molecule has 0 amide bonds. The van der Waals surface area contributed by atoms with Crippen LogP contribution in [0.25, 0.3) is 0 Å². The van der Waals surface area contributed by atoms with E-state index in [1.807, 2.05) is 6.07 Å². The number of carbonyl (C=O) groups is 1. The van der Waals surface area contributed by atoms with Gasteiger partial charge in [-0.25, -0.2) is 9.36 Å². The van der Waals surface area contributed by atoms with Gasteiger partial charge in [-0.2, -0.15) is 15.3 Å². The fourth-order valence-corrected chi connectivity index (χ4v) is 5.98. The third-order valence-corrected chi connectivity index (χ3v) is 7.73. The van der Waals surface area contributed by atoms with Gasteiger partial charge in [0.05, 0.1) is 12.2 Å². The number of nitriles is 1. The summed E-state index contributed by atoms with van der Waals surface area (Å²) in [6.07, 6.45) is -3.20. The quantitative estimate of drug-likeness (QED) is 0.314. The summed E-state index contributed by atoms with van der Waals surface area (Å²) in [7, 11) is -4.29. The molecule has 1 aromatic carbocycles. The summed E-state index contributed by atoms with van der Waals surface area (Å²) >= 11 is 0. The van der Waals surface area contributed by atoms with E-state index in [4.69, 9.17) is 33.7 Å². The minimum atomic E-state index is -4.29. The zero-order valence-electron chi connectivity index (χ0n) is 21.8. The first kappa shape index (κ1) is 28.7. The molecule has 1 unspecified atom stereocenters. The average Bonchev–Trinajstić information content (AvgIpc) is 3.46. The summed E-state index contributed by atoms with van der Waals surface area (Å²) < 4.78 is 49.2. The number of hydrogen-bond acceptors (Lipinski definition) is 12. The molecule has 0 bridgehead atoms. The van der Waals surface area contributed by atoms with Crippen molar-refractivity contribution in [2.24, 2.45) is 0 Å². The van der Waals surface area contributed by atoms with Gasteiger partial charge in [0.15, 0.2) is 6.10 Å². The van der Waals surface area contributed by atoms with Crippen molar-refractivity contribution in [2.45, 2.75) is 70.0 Å². The van der Waals surface area contributed by atoms with Gasteiger partial charge in [-0.05, 0) is 45.9 Å². The molecule has 39 heavy (non-hydrogen) atoms. The lowest BCUT2D eigenvalue weighted by atomic mass is 10.0. The van der Waals surface area contributed by atoms with Gasteiger partial charge in [-0.15, -0.1) is 0 Å². The monoisotopic (exact) mass is 563 g/mol. The Hall–Kier alpha value is -3.31. The smallest absolute Gasteiger partial charge is 0.459 e. The zero-order valence-corrected chi connectivity index (χ0v) is 22.6. The number of nitrogens with one attached hydrogen (secondary N) is 1. The molecule has 2 aromatic rings. The van der Waals surface area contributed by atoms with Crippen molar-refractivity contribution in [1.29, 1.82) is 5.26 Å². The van der Waals surface area contributed by atoms with Gasteiger partial charge in [-0.3, -0.25) is 13.9 Å². The second kappa shape index (κ2) is 11.4. The van der Waals surface area contributed by atoms with E-state index in [9.17, 15) is 19.4 Å². The van der Waals surface area contributed by atoms with Crippen LogP contribution < -0.4 is 21.0 Å². The maximum atomic E-state index is 14.0. The number of nitrogens with two attached hydrogens (primary N) is 1. The van der Waals surface area contributed by atoms with E-state index in [-0.39, 0.29) is 18.4 Å². The number of hydrogen-bond donors (Lipinski definition) is 2. The van der Waals surface area contributed by atoms with Gasteiger partial charge < -0.3 is 29.2 Å². The van der Waals surface area contributed by atoms with Crippen molar-refractivity contribution in [1.82, 2.24) is 14.6 Å². The molecule has 2 fully saturated rings. The van der Waals surface area contributed by atoms with Gasteiger partial charge >= 0.3 is 19.4 Å². The number of nitrogens with zero attached hydrogens (tertiary/aromatic N) is 3. The Balaban J connectivity index is 1.62. The van der Waals surface area contributed by atoms with Crippen molar-refractivity contribution >= 4 is 19.5 Å². The molecule has 0 aliphatic carbocycles. The van der Waals surface area contributed by atoms with E-state index in [1.54, 1.807) is 44.2 Å². The Bertz CT molecular complexity index is 1330. The molecule has 210 valence electrons. The van der Waals surface area contributed by atoms with Gasteiger partial charge in [0.2, 0.25) is 0 Å². The summed E-state index contributed by atoms with van der Waals surface area (Å²) in [5.74, 6) is -0.492. The molecule has 15 heteroatoms. The average molecular weight is 564 g/mol. The molecule has 0 spiro atoms. The molecule has 0 saturated carbocycles. The first-order valence-corrected chi connectivity index (χ1v) is 13.7. The van der Waals surface area contributed by atoms with E-state index in [2.05, 4.69) is 10.1 Å². The van der Waals surface area contributed by atoms with E-state index in [0.717, 1.165) is 4.57 Å². The fourth-order valence-electron chi connectivity index (χ4n) is 4.29. The van der Waals surface area contributed by atoms with Crippen LogP contribution in [0.4, 0.5) is 5.82 Å². The lowest BCUT2D eigenvalue weighted by Crippen LogP contribution is -2.49. The first-order chi connectivity index (χ1) is 18.5. The van der Waals surface area contributed by atoms with Crippen molar-refractivity contribution in [3.05, 3.63) is 53.1 Å². The van der Waals surface area contributed by atoms with Crippen LogP contribution in [0.1, 0.15) is 27.7 Å². The number of anilines is 1. The highest BCUT2D eigenvalue weighted by Crippen LogP contribution is 2.49. The topological polar surface area (TPSA) is 186 Å². The number of aromatic nitrogens is 2. The molecule has 1 aromatic heterocycles. The molecule has 2 aliphatic heterocycles. The van der Waals surface area contributed by atoms with Crippen LogP contribution in [-0.4, -0.2) is 58.9 Å². The predicted octanol–water partition coefficient (Wildman–Crippen LogP) is 1.66. The molecule has 2 saturated heterocycles.